The smallest absolute Gasteiger partial charge is 0.184 e. The second-order valence-corrected chi connectivity index (χ2v) is 5.70. The zero-order chi connectivity index (χ0) is 20.4. The van der Waals surface area contributed by atoms with Crippen LogP contribution < -0.4 is 0 Å². The average molecular weight is 372 g/mol. The van der Waals surface area contributed by atoms with Crippen LogP contribution in [0.2, 0.25) is 0 Å². The Kier molecular flexibility index (Phi) is 9.21. The lowest BCUT2D eigenvalue weighted by atomic mass is 10.1. The lowest BCUT2D eigenvalue weighted by Gasteiger charge is -2.13. The van der Waals surface area contributed by atoms with Gasteiger partial charge in [0.15, 0.2) is 11.5 Å². The van der Waals surface area contributed by atoms with Gasteiger partial charge in [0.2, 0.25) is 0 Å². The third kappa shape index (κ3) is 5.16. The van der Waals surface area contributed by atoms with Crippen molar-refractivity contribution in [3.8, 4) is 6.07 Å². The van der Waals surface area contributed by atoms with E-state index in [1.165, 1.54) is 36.6 Å². The van der Waals surface area contributed by atoms with Gasteiger partial charge in [-0.15, -0.1) is 0 Å². The second kappa shape index (κ2) is 11.1. The molecule has 0 atom stereocenters. The molecule has 27 heavy (non-hydrogen) atoms. The molecule has 1 aliphatic rings. The molecule has 4 rings (SSSR count). The van der Waals surface area contributed by atoms with E-state index in [1.54, 1.807) is 22.9 Å². The fourth-order valence-corrected chi connectivity index (χ4v) is 2.80. The first kappa shape index (κ1) is 22.4. The highest BCUT2D eigenvalue weighted by atomic mass is 19.1. The lowest BCUT2D eigenvalue weighted by Crippen LogP contribution is -2.11. The van der Waals surface area contributed by atoms with Crippen LogP contribution in [0.25, 0.3) is 5.65 Å². The van der Waals surface area contributed by atoms with Gasteiger partial charge in [-0.3, -0.25) is 4.68 Å². The first-order chi connectivity index (χ1) is 13.1. The summed E-state index contributed by atoms with van der Waals surface area (Å²) in [7, 11) is 0. The zero-order valence-corrected chi connectivity index (χ0v) is 17.3. The van der Waals surface area contributed by atoms with Crippen molar-refractivity contribution in [1.29, 1.82) is 5.26 Å². The molecule has 0 saturated carbocycles. The molecule has 0 aliphatic carbocycles. The number of pyridine rings is 1. The molecule has 6 heteroatoms. The number of aromatic nitrogens is 4. The summed E-state index contributed by atoms with van der Waals surface area (Å²) < 4.78 is 17.1. The summed E-state index contributed by atoms with van der Waals surface area (Å²) in [6, 6.07) is 3.21. The molecule has 4 heterocycles. The van der Waals surface area contributed by atoms with Gasteiger partial charge >= 0.3 is 0 Å². The molecule has 0 spiro atoms. The Hall–Kier alpha value is -2.68. The zero-order valence-electron chi connectivity index (χ0n) is 17.3. The molecular formula is C21H30FN5. The van der Waals surface area contributed by atoms with Gasteiger partial charge in [-0.2, -0.15) is 10.4 Å². The van der Waals surface area contributed by atoms with Crippen LogP contribution in [0.1, 0.15) is 63.1 Å². The van der Waals surface area contributed by atoms with Gasteiger partial charge in [0.05, 0.1) is 11.8 Å². The summed E-state index contributed by atoms with van der Waals surface area (Å²) in [4.78, 5) is 3.86. The summed E-state index contributed by atoms with van der Waals surface area (Å²) in [6.45, 7) is 13.1. The van der Waals surface area contributed by atoms with E-state index in [0.29, 0.717) is 0 Å². The van der Waals surface area contributed by atoms with Crippen molar-refractivity contribution in [3.05, 3.63) is 53.0 Å². The van der Waals surface area contributed by atoms with Gasteiger partial charge in [-0.1, -0.05) is 27.7 Å². The number of nitrogens with zero attached hydrogens (tertiary/aromatic N) is 5. The Balaban J connectivity index is 0.000000233. The van der Waals surface area contributed by atoms with E-state index in [-0.39, 0.29) is 11.2 Å². The van der Waals surface area contributed by atoms with E-state index in [4.69, 9.17) is 5.26 Å². The van der Waals surface area contributed by atoms with E-state index < -0.39 is 5.82 Å². The van der Waals surface area contributed by atoms with E-state index in [0.717, 1.165) is 12.2 Å². The Labute approximate surface area is 161 Å². The average Bonchev–Trinajstić information content (AvgIpc) is 3.30. The molecule has 0 amide bonds. The standard InChI is InChI=1S/C9H6FN3.C8H12N2.2C2H6/c1-6-5-12-9-8(10)7(4-11)2-3-13(6)9;1-7-6-9-10-5-3-2-4-8(7)10;2*1-2/h2-3,5H,1H3;6H,2-5H2,1H3;2*1-2H3. The molecule has 3 aromatic heterocycles. The van der Waals surface area contributed by atoms with Crippen LogP contribution in [0, 0.1) is 31.0 Å². The number of hydrogen-bond acceptors (Lipinski definition) is 3. The summed E-state index contributed by atoms with van der Waals surface area (Å²) in [5.74, 6) is -0.557. The fourth-order valence-electron chi connectivity index (χ4n) is 2.80. The quantitative estimate of drug-likeness (QED) is 0.543. The molecule has 0 bridgehead atoms. The normalized spacial score (nSPS) is 11.6. The molecular weight excluding hydrogens is 341 g/mol. The molecule has 0 unspecified atom stereocenters. The lowest BCUT2D eigenvalue weighted by molar-refractivity contribution is 0.485. The topological polar surface area (TPSA) is 58.9 Å². The van der Waals surface area contributed by atoms with Crippen LogP contribution in [0.5, 0.6) is 0 Å². The maximum atomic E-state index is 13.4. The highest BCUT2D eigenvalue weighted by Gasteiger charge is 2.11. The molecule has 0 saturated heterocycles. The Morgan fingerprint density at radius 2 is 1.81 bits per heavy atom. The maximum Gasteiger partial charge on any atom is 0.184 e. The summed E-state index contributed by atoms with van der Waals surface area (Å²) >= 11 is 0. The number of hydrogen-bond donors (Lipinski definition) is 0. The Morgan fingerprint density at radius 3 is 2.44 bits per heavy atom. The number of halogens is 1. The van der Waals surface area contributed by atoms with Crippen molar-refractivity contribution in [2.24, 2.45) is 0 Å². The monoisotopic (exact) mass is 371 g/mol. The maximum absolute atomic E-state index is 13.4. The van der Waals surface area contributed by atoms with E-state index in [2.05, 4.69) is 21.7 Å². The van der Waals surface area contributed by atoms with Gasteiger partial charge in [0.1, 0.15) is 6.07 Å². The molecule has 0 N–H and O–H groups in total. The van der Waals surface area contributed by atoms with Crippen LogP contribution in [0.3, 0.4) is 0 Å². The van der Waals surface area contributed by atoms with Crippen LogP contribution in [-0.2, 0) is 13.0 Å². The second-order valence-electron chi connectivity index (χ2n) is 5.70. The summed E-state index contributed by atoms with van der Waals surface area (Å²) in [6.07, 6.45) is 9.05. The van der Waals surface area contributed by atoms with Crippen LogP contribution in [0.15, 0.2) is 24.7 Å². The molecule has 1 aliphatic heterocycles. The largest absolute Gasteiger partial charge is 0.302 e. The van der Waals surface area contributed by atoms with Crippen molar-refractivity contribution in [3.63, 3.8) is 0 Å². The van der Waals surface area contributed by atoms with Crippen LogP contribution in [0.4, 0.5) is 4.39 Å². The van der Waals surface area contributed by atoms with E-state index >= 15 is 0 Å². The number of fused-ring (bicyclic) bond motifs is 2. The van der Waals surface area contributed by atoms with Crippen molar-refractivity contribution in [2.75, 3.05) is 0 Å². The third-order valence-corrected chi connectivity index (χ3v) is 4.12. The number of imidazole rings is 1. The van der Waals surface area contributed by atoms with Crippen molar-refractivity contribution in [1.82, 2.24) is 19.2 Å². The van der Waals surface area contributed by atoms with Gasteiger partial charge in [0.25, 0.3) is 0 Å². The van der Waals surface area contributed by atoms with Gasteiger partial charge in [0, 0.05) is 30.3 Å². The van der Waals surface area contributed by atoms with Gasteiger partial charge < -0.3 is 4.40 Å². The van der Waals surface area contributed by atoms with Crippen molar-refractivity contribution >= 4 is 5.65 Å². The molecule has 0 aromatic carbocycles. The third-order valence-electron chi connectivity index (χ3n) is 4.12. The molecule has 146 valence electrons. The minimum atomic E-state index is -0.557. The van der Waals surface area contributed by atoms with Gasteiger partial charge in [-0.25, -0.2) is 9.37 Å². The van der Waals surface area contributed by atoms with E-state index in [1.807, 2.05) is 40.8 Å². The summed E-state index contributed by atoms with van der Waals surface area (Å²) in [5, 5.41) is 12.8. The van der Waals surface area contributed by atoms with Crippen LogP contribution in [-0.4, -0.2) is 19.2 Å². The number of aryl methyl sites for hydroxylation is 3. The van der Waals surface area contributed by atoms with Crippen molar-refractivity contribution in [2.45, 2.75) is 67.3 Å². The number of nitriles is 1. The summed E-state index contributed by atoms with van der Waals surface area (Å²) in [5.41, 5.74) is 3.89. The Bertz CT molecular complexity index is 886. The fraction of sp³-hybridized carbons (Fsp3) is 0.476. The highest BCUT2D eigenvalue weighted by Crippen LogP contribution is 2.16. The van der Waals surface area contributed by atoms with Gasteiger partial charge in [-0.05, 0) is 44.7 Å². The van der Waals surface area contributed by atoms with Crippen molar-refractivity contribution < 1.29 is 4.39 Å². The Morgan fingerprint density at radius 1 is 1.11 bits per heavy atom. The first-order valence-electron chi connectivity index (χ1n) is 9.65. The predicted octanol–water partition coefficient (Wildman–Crippen LogP) is 5.23. The predicted molar refractivity (Wildman–Crippen MR) is 107 cm³/mol. The van der Waals surface area contributed by atoms with E-state index in [9.17, 15) is 4.39 Å². The SMILES string of the molecule is CC.CC.Cc1cnc2c(F)c(C#N)ccn12.Cc1cnn2c1CCCC2. The minimum absolute atomic E-state index is 0.0260. The molecule has 3 aromatic rings. The first-order valence-corrected chi connectivity index (χ1v) is 9.65. The molecule has 0 fully saturated rings. The molecule has 5 nitrogen and oxygen atoms in total. The highest BCUT2D eigenvalue weighted by molar-refractivity contribution is 5.48. The molecule has 0 radical (unpaired) electrons. The van der Waals surface area contributed by atoms with Crippen LogP contribution >= 0.6 is 0 Å². The number of rotatable bonds is 0. The minimum Gasteiger partial charge on any atom is -0.302 e.